The van der Waals surface area contributed by atoms with E-state index in [0.717, 1.165) is 17.5 Å². The molecule has 3 rings (SSSR count). The Hall–Kier alpha value is -2.41. The van der Waals surface area contributed by atoms with Crippen LogP contribution in [0.15, 0.2) is 54.6 Å². The molecule has 0 saturated carbocycles. The highest BCUT2D eigenvalue weighted by molar-refractivity contribution is 6.31. The van der Waals surface area contributed by atoms with Crippen molar-refractivity contribution in [1.29, 1.82) is 0 Å². The van der Waals surface area contributed by atoms with Crippen molar-refractivity contribution in [2.24, 2.45) is 0 Å². The molecule has 0 radical (unpaired) electrons. The number of halogens is 1. The molecule has 7 heteroatoms. The van der Waals surface area contributed by atoms with Crippen LogP contribution in [0.25, 0.3) is 0 Å². The summed E-state index contributed by atoms with van der Waals surface area (Å²) < 4.78 is 0. The fourth-order valence-corrected chi connectivity index (χ4v) is 4.41. The first-order chi connectivity index (χ1) is 15.3. The minimum Gasteiger partial charge on any atom is -0.394 e. The van der Waals surface area contributed by atoms with Crippen molar-refractivity contribution in [3.05, 3.63) is 70.7 Å². The maximum absolute atomic E-state index is 12.9. The van der Waals surface area contributed by atoms with Gasteiger partial charge >= 0.3 is 0 Å². The van der Waals surface area contributed by atoms with Gasteiger partial charge in [-0.05, 0) is 43.9 Å². The van der Waals surface area contributed by atoms with Crippen LogP contribution in [0.1, 0.15) is 43.9 Å². The van der Waals surface area contributed by atoms with E-state index in [0.29, 0.717) is 31.0 Å². The highest BCUT2D eigenvalue weighted by Gasteiger charge is 2.34. The Balaban J connectivity index is 1.57. The zero-order valence-corrected chi connectivity index (χ0v) is 19.4. The lowest BCUT2D eigenvalue weighted by Crippen LogP contribution is -2.54. The fourth-order valence-electron chi connectivity index (χ4n) is 4.14. The van der Waals surface area contributed by atoms with Crippen molar-refractivity contribution >= 4 is 23.4 Å². The molecule has 2 atom stereocenters. The van der Waals surface area contributed by atoms with Gasteiger partial charge in [-0.2, -0.15) is 0 Å². The van der Waals surface area contributed by atoms with Crippen LogP contribution in [0.2, 0.25) is 5.02 Å². The summed E-state index contributed by atoms with van der Waals surface area (Å²) in [6, 6.07) is 16.2. The van der Waals surface area contributed by atoms with Gasteiger partial charge in [0.25, 0.3) is 0 Å². The first-order valence-electron chi connectivity index (χ1n) is 11.0. The second-order valence-electron chi connectivity index (χ2n) is 8.91. The second-order valence-corrected chi connectivity index (χ2v) is 9.32. The average molecular weight is 458 g/mol. The largest absolute Gasteiger partial charge is 0.394 e. The lowest BCUT2D eigenvalue weighted by Gasteiger charge is -2.33. The summed E-state index contributed by atoms with van der Waals surface area (Å²) in [4.78, 5) is 27.4. The number of likely N-dealkylation sites (tertiary alicyclic amines) is 1. The van der Waals surface area contributed by atoms with Crippen LogP contribution in [0.3, 0.4) is 0 Å². The van der Waals surface area contributed by atoms with Gasteiger partial charge in [-0.1, -0.05) is 60.1 Å². The molecule has 3 N–H and O–H groups in total. The Kier molecular flexibility index (Phi) is 8.29. The van der Waals surface area contributed by atoms with Gasteiger partial charge in [-0.25, -0.2) is 0 Å². The van der Waals surface area contributed by atoms with Crippen LogP contribution < -0.4 is 10.6 Å². The quantitative estimate of drug-likeness (QED) is 0.540. The number of aliphatic hydroxyl groups excluding tert-OH is 1. The van der Waals surface area contributed by atoms with E-state index in [9.17, 15) is 14.7 Å². The Morgan fingerprint density at radius 2 is 1.84 bits per heavy atom. The number of carbonyl (C=O) groups is 2. The van der Waals surface area contributed by atoms with Crippen molar-refractivity contribution in [3.63, 3.8) is 0 Å². The summed E-state index contributed by atoms with van der Waals surface area (Å²) in [5.74, 6) is -0.164. The van der Waals surface area contributed by atoms with Crippen molar-refractivity contribution < 1.29 is 14.7 Å². The van der Waals surface area contributed by atoms with E-state index in [1.807, 2.05) is 62.4 Å². The van der Waals surface area contributed by atoms with Crippen LogP contribution in [0.5, 0.6) is 0 Å². The van der Waals surface area contributed by atoms with Gasteiger partial charge in [0.1, 0.15) is 6.04 Å². The predicted octanol–water partition coefficient (Wildman–Crippen LogP) is 3.09. The predicted molar refractivity (Wildman–Crippen MR) is 126 cm³/mol. The van der Waals surface area contributed by atoms with Gasteiger partial charge in [0.2, 0.25) is 11.8 Å². The van der Waals surface area contributed by atoms with Crippen molar-refractivity contribution in [1.82, 2.24) is 15.5 Å². The Morgan fingerprint density at radius 3 is 2.53 bits per heavy atom. The third-order valence-corrected chi connectivity index (χ3v) is 6.15. The zero-order chi connectivity index (χ0) is 23.1. The fraction of sp³-hybridized carbons (Fsp3) is 0.440. The van der Waals surface area contributed by atoms with E-state index in [1.165, 1.54) is 0 Å². The van der Waals surface area contributed by atoms with Gasteiger partial charge in [-0.3, -0.25) is 9.59 Å². The van der Waals surface area contributed by atoms with E-state index in [1.54, 1.807) is 11.0 Å². The van der Waals surface area contributed by atoms with Gasteiger partial charge in [0.15, 0.2) is 0 Å². The van der Waals surface area contributed by atoms with E-state index in [4.69, 9.17) is 11.6 Å². The number of hydrogen-bond acceptors (Lipinski definition) is 4. The number of aliphatic hydroxyl groups is 1. The van der Waals surface area contributed by atoms with Crippen LogP contribution in [-0.4, -0.2) is 53.1 Å². The first kappa shape index (κ1) is 24.2. The third kappa shape index (κ3) is 6.31. The van der Waals surface area contributed by atoms with Gasteiger partial charge in [-0.15, -0.1) is 0 Å². The summed E-state index contributed by atoms with van der Waals surface area (Å²) in [6.07, 6.45) is 1.78. The molecule has 1 heterocycles. The number of amides is 2. The van der Waals surface area contributed by atoms with Crippen molar-refractivity contribution in [3.8, 4) is 0 Å². The van der Waals surface area contributed by atoms with Gasteiger partial charge < -0.3 is 20.6 Å². The monoisotopic (exact) mass is 457 g/mol. The molecule has 0 bridgehead atoms. The molecule has 1 saturated heterocycles. The van der Waals surface area contributed by atoms with Crippen molar-refractivity contribution in [2.75, 3.05) is 19.7 Å². The molecule has 0 spiro atoms. The summed E-state index contributed by atoms with van der Waals surface area (Å²) in [7, 11) is 0. The Bertz CT molecular complexity index is 920. The average Bonchev–Trinajstić information content (AvgIpc) is 3.27. The lowest BCUT2D eigenvalue weighted by molar-refractivity contribution is -0.138. The molecule has 6 nitrogen and oxygen atoms in total. The molecule has 1 fully saturated rings. The number of nitrogens with one attached hydrogen (secondary N) is 2. The molecule has 2 aromatic rings. The molecule has 2 amide bonds. The molecular formula is C25H32ClN3O3. The molecule has 1 aliphatic rings. The molecule has 1 unspecified atom stereocenters. The van der Waals surface area contributed by atoms with E-state index < -0.39 is 11.6 Å². The molecule has 1 aliphatic heterocycles. The summed E-state index contributed by atoms with van der Waals surface area (Å²) >= 11 is 6.29. The topological polar surface area (TPSA) is 81.7 Å². The summed E-state index contributed by atoms with van der Waals surface area (Å²) in [5, 5.41) is 16.8. The highest BCUT2D eigenvalue weighted by atomic mass is 35.5. The van der Waals surface area contributed by atoms with Crippen LogP contribution in [0, 0.1) is 0 Å². The van der Waals surface area contributed by atoms with E-state index in [-0.39, 0.29) is 24.5 Å². The minimum absolute atomic E-state index is 0.0229. The minimum atomic E-state index is -0.500. The lowest BCUT2D eigenvalue weighted by atomic mass is 10.00. The molecule has 2 aromatic carbocycles. The van der Waals surface area contributed by atoms with Crippen molar-refractivity contribution in [2.45, 2.75) is 50.7 Å². The number of nitrogens with zero attached hydrogens (tertiary/aromatic N) is 1. The van der Waals surface area contributed by atoms with Gasteiger partial charge in [0, 0.05) is 23.7 Å². The maximum atomic E-state index is 12.9. The molecule has 0 aromatic heterocycles. The molecule has 32 heavy (non-hydrogen) atoms. The maximum Gasteiger partial charge on any atom is 0.242 e. The van der Waals surface area contributed by atoms with Crippen LogP contribution in [-0.2, 0) is 16.0 Å². The van der Waals surface area contributed by atoms with Crippen LogP contribution >= 0.6 is 11.6 Å². The van der Waals surface area contributed by atoms with E-state index >= 15 is 0 Å². The molecule has 172 valence electrons. The Morgan fingerprint density at radius 1 is 1.16 bits per heavy atom. The van der Waals surface area contributed by atoms with Crippen LogP contribution in [0.4, 0.5) is 0 Å². The van der Waals surface area contributed by atoms with Gasteiger partial charge in [0.05, 0.1) is 19.1 Å². The zero-order valence-electron chi connectivity index (χ0n) is 18.7. The summed E-state index contributed by atoms with van der Waals surface area (Å²) in [6.45, 7) is 4.75. The molecule has 0 aliphatic carbocycles. The van der Waals surface area contributed by atoms with E-state index in [2.05, 4.69) is 10.6 Å². The normalized spacial score (nSPS) is 17.2. The highest BCUT2D eigenvalue weighted by Crippen LogP contribution is 2.24. The standard InChI is InChI=1S/C25H32ClN3O3/c1-25(2,28-21(16-30)19-11-6-7-12-20(19)26)17-27-24(32)22-13-8-14-29(22)23(31)15-18-9-4-3-5-10-18/h3-7,9-12,21-22,28,30H,8,13-17H2,1-2H3,(H,27,32)/t21?,22-/m1/s1. The SMILES string of the molecule is CC(C)(CNC(=O)[C@H]1CCCN1C(=O)Cc1ccccc1)NC(CO)c1ccccc1Cl. The first-order valence-corrected chi connectivity index (χ1v) is 11.4. The number of hydrogen-bond donors (Lipinski definition) is 3. The second kappa shape index (κ2) is 10.9. The number of rotatable bonds is 9. The third-order valence-electron chi connectivity index (χ3n) is 5.81. The smallest absolute Gasteiger partial charge is 0.242 e. The number of benzene rings is 2. The number of carbonyl (C=O) groups excluding carboxylic acids is 2. The Labute approximate surface area is 195 Å². The summed E-state index contributed by atoms with van der Waals surface area (Å²) in [5.41, 5.74) is 1.26. The molecular weight excluding hydrogens is 426 g/mol.